The van der Waals surface area contributed by atoms with Crippen molar-refractivity contribution in [3.63, 3.8) is 0 Å². The average Bonchev–Trinajstić information content (AvgIpc) is 2.78. The fourth-order valence-corrected chi connectivity index (χ4v) is 2.88. The van der Waals surface area contributed by atoms with Gasteiger partial charge in [0.1, 0.15) is 9.88 Å². The second-order valence-corrected chi connectivity index (χ2v) is 5.88. The quantitative estimate of drug-likeness (QED) is 0.864. The van der Waals surface area contributed by atoms with Gasteiger partial charge in [-0.1, -0.05) is 28.1 Å². The summed E-state index contributed by atoms with van der Waals surface area (Å²) in [7, 11) is 0. The molecule has 0 fully saturated rings. The summed E-state index contributed by atoms with van der Waals surface area (Å²) in [6, 6.07) is 5.63. The Hall–Kier alpha value is -1.53. The van der Waals surface area contributed by atoms with Gasteiger partial charge in [0.15, 0.2) is 11.5 Å². The van der Waals surface area contributed by atoms with Crippen molar-refractivity contribution in [3.05, 3.63) is 38.8 Å². The molecule has 0 aliphatic rings. The van der Waals surface area contributed by atoms with Crippen LogP contribution in [0.3, 0.4) is 0 Å². The van der Waals surface area contributed by atoms with Crippen LogP contribution in [-0.4, -0.2) is 21.8 Å². The fraction of sp³-hybridized carbons (Fsp3) is 0.154. The minimum absolute atomic E-state index is 0.177. The topological polar surface area (TPSA) is 67.3 Å². The summed E-state index contributed by atoms with van der Waals surface area (Å²) in [6.07, 6.45) is 0. The standard InChI is InChI=1S/C13H10BrNO3S/c1-6-3-4-8(5-9(6)14)12-15-10(13(17)18)11(19-12)7(2)16/h3-5H,1-2H3,(H,17,18). The van der Waals surface area contributed by atoms with E-state index in [2.05, 4.69) is 20.9 Å². The number of thiazole rings is 1. The molecule has 4 nitrogen and oxygen atoms in total. The van der Waals surface area contributed by atoms with E-state index in [0.29, 0.717) is 5.01 Å². The molecule has 0 bridgehead atoms. The summed E-state index contributed by atoms with van der Waals surface area (Å²) in [5, 5.41) is 9.59. The number of carbonyl (C=O) groups is 2. The molecule has 0 saturated heterocycles. The maximum atomic E-state index is 11.4. The number of benzene rings is 1. The van der Waals surface area contributed by atoms with Crippen LogP contribution in [0.15, 0.2) is 22.7 Å². The minimum atomic E-state index is -1.18. The molecule has 98 valence electrons. The summed E-state index contributed by atoms with van der Waals surface area (Å²) in [5.74, 6) is -1.47. The van der Waals surface area contributed by atoms with Gasteiger partial charge in [-0.15, -0.1) is 11.3 Å². The second-order valence-electron chi connectivity index (χ2n) is 4.02. The molecule has 0 aliphatic heterocycles. The number of rotatable bonds is 3. The summed E-state index contributed by atoms with van der Waals surface area (Å²) in [5.41, 5.74) is 1.69. The molecular weight excluding hydrogens is 330 g/mol. The van der Waals surface area contributed by atoms with Crippen molar-refractivity contribution >= 4 is 39.0 Å². The highest BCUT2D eigenvalue weighted by atomic mass is 79.9. The Morgan fingerprint density at radius 2 is 2.05 bits per heavy atom. The average molecular weight is 340 g/mol. The van der Waals surface area contributed by atoms with Crippen LogP contribution in [0.25, 0.3) is 10.6 Å². The zero-order valence-electron chi connectivity index (χ0n) is 10.2. The monoisotopic (exact) mass is 339 g/mol. The van der Waals surface area contributed by atoms with E-state index in [1.165, 1.54) is 6.92 Å². The molecule has 1 N–H and O–H groups in total. The normalized spacial score (nSPS) is 10.5. The van der Waals surface area contributed by atoms with E-state index in [1.54, 1.807) is 0 Å². The number of halogens is 1. The number of hydrogen-bond acceptors (Lipinski definition) is 4. The van der Waals surface area contributed by atoms with E-state index in [9.17, 15) is 9.59 Å². The van der Waals surface area contributed by atoms with Crippen molar-refractivity contribution < 1.29 is 14.7 Å². The van der Waals surface area contributed by atoms with Crippen LogP contribution in [0.4, 0.5) is 0 Å². The van der Waals surface area contributed by atoms with Crippen LogP contribution in [0.5, 0.6) is 0 Å². The molecule has 1 aromatic heterocycles. The predicted octanol–water partition coefficient (Wildman–Crippen LogP) is 3.78. The Morgan fingerprint density at radius 1 is 1.37 bits per heavy atom. The highest BCUT2D eigenvalue weighted by Crippen LogP contribution is 2.31. The van der Waals surface area contributed by atoms with Crippen molar-refractivity contribution in [3.8, 4) is 10.6 Å². The largest absolute Gasteiger partial charge is 0.476 e. The molecule has 0 amide bonds. The molecule has 0 spiro atoms. The summed E-state index contributed by atoms with van der Waals surface area (Å²) < 4.78 is 0.918. The zero-order chi connectivity index (χ0) is 14.2. The molecule has 0 saturated carbocycles. The molecule has 0 unspecified atom stereocenters. The Balaban J connectivity index is 2.57. The number of nitrogens with zero attached hydrogens (tertiary/aromatic N) is 1. The number of aromatic nitrogens is 1. The summed E-state index contributed by atoms with van der Waals surface area (Å²) >= 11 is 4.52. The van der Waals surface area contributed by atoms with Gasteiger partial charge in [0.2, 0.25) is 0 Å². The molecule has 1 aromatic carbocycles. The number of ketones is 1. The van der Waals surface area contributed by atoms with Gasteiger partial charge in [0.25, 0.3) is 0 Å². The number of aryl methyl sites for hydroxylation is 1. The van der Waals surface area contributed by atoms with E-state index in [4.69, 9.17) is 5.11 Å². The van der Waals surface area contributed by atoms with E-state index >= 15 is 0 Å². The second kappa shape index (κ2) is 5.22. The smallest absolute Gasteiger partial charge is 0.356 e. The molecular formula is C13H10BrNO3S. The molecule has 19 heavy (non-hydrogen) atoms. The summed E-state index contributed by atoms with van der Waals surface area (Å²) in [4.78, 5) is 26.7. The van der Waals surface area contributed by atoms with E-state index < -0.39 is 5.97 Å². The third-order valence-corrected chi connectivity index (χ3v) is 4.63. The first-order valence-electron chi connectivity index (χ1n) is 5.41. The number of carboxylic acids is 1. The minimum Gasteiger partial charge on any atom is -0.476 e. The zero-order valence-corrected chi connectivity index (χ0v) is 12.6. The first kappa shape index (κ1) is 13.9. The van der Waals surface area contributed by atoms with Crippen LogP contribution >= 0.6 is 27.3 Å². The van der Waals surface area contributed by atoms with Gasteiger partial charge in [-0.2, -0.15) is 0 Å². The van der Waals surface area contributed by atoms with Gasteiger partial charge < -0.3 is 5.11 Å². The van der Waals surface area contributed by atoms with Crippen molar-refractivity contribution in [1.82, 2.24) is 4.98 Å². The first-order valence-corrected chi connectivity index (χ1v) is 7.02. The van der Waals surface area contributed by atoms with Crippen LogP contribution in [0.1, 0.15) is 32.6 Å². The molecule has 2 aromatic rings. The lowest BCUT2D eigenvalue weighted by Gasteiger charge is -2.00. The van der Waals surface area contributed by atoms with Crippen LogP contribution in [0, 0.1) is 6.92 Å². The molecule has 2 rings (SSSR count). The lowest BCUT2D eigenvalue weighted by molar-refractivity contribution is 0.0687. The Bertz CT molecular complexity index is 647. The lowest BCUT2D eigenvalue weighted by atomic mass is 10.2. The first-order chi connectivity index (χ1) is 8.90. The third-order valence-electron chi connectivity index (χ3n) is 2.57. The molecule has 6 heteroatoms. The Kier molecular flexibility index (Phi) is 3.82. The molecule has 1 heterocycles. The number of carboxylic acid groups (broad SMARTS) is 1. The van der Waals surface area contributed by atoms with Gasteiger partial charge in [-0.3, -0.25) is 4.79 Å². The van der Waals surface area contributed by atoms with Crippen molar-refractivity contribution in [2.24, 2.45) is 0 Å². The maximum absolute atomic E-state index is 11.4. The van der Waals surface area contributed by atoms with Gasteiger partial charge in [-0.25, -0.2) is 9.78 Å². The van der Waals surface area contributed by atoms with E-state index in [1.807, 2.05) is 25.1 Å². The van der Waals surface area contributed by atoms with Gasteiger partial charge in [0, 0.05) is 17.0 Å². The van der Waals surface area contributed by atoms with E-state index in [0.717, 1.165) is 26.9 Å². The van der Waals surface area contributed by atoms with Gasteiger partial charge in [0.05, 0.1) is 0 Å². The highest BCUT2D eigenvalue weighted by molar-refractivity contribution is 9.10. The van der Waals surface area contributed by atoms with E-state index in [-0.39, 0.29) is 16.4 Å². The maximum Gasteiger partial charge on any atom is 0.356 e. The molecule has 0 aliphatic carbocycles. The number of hydrogen-bond donors (Lipinski definition) is 1. The number of aromatic carboxylic acids is 1. The number of carbonyl (C=O) groups excluding carboxylic acids is 1. The van der Waals surface area contributed by atoms with Gasteiger partial charge in [-0.05, 0) is 18.6 Å². The summed E-state index contributed by atoms with van der Waals surface area (Å²) in [6.45, 7) is 3.30. The van der Waals surface area contributed by atoms with Crippen LogP contribution < -0.4 is 0 Å². The highest BCUT2D eigenvalue weighted by Gasteiger charge is 2.21. The fourth-order valence-electron chi connectivity index (χ4n) is 1.55. The lowest BCUT2D eigenvalue weighted by Crippen LogP contribution is -2.03. The van der Waals surface area contributed by atoms with Crippen LogP contribution in [0.2, 0.25) is 0 Å². The van der Waals surface area contributed by atoms with Crippen molar-refractivity contribution in [1.29, 1.82) is 0 Å². The van der Waals surface area contributed by atoms with Gasteiger partial charge >= 0.3 is 5.97 Å². The predicted molar refractivity (Wildman–Crippen MR) is 77.0 cm³/mol. The number of Topliss-reactive ketones (excluding diaryl/α,β-unsaturated/α-hetero) is 1. The Morgan fingerprint density at radius 3 is 2.53 bits per heavy atom. The molecule has 0 radical (unpaired) electrons. The van der Waals surface area contributed by atoms with Crippen LogP contribution in [-0.2, 0) is 0 Å². The van der Waals surface area contributed by atoms with Crippen molar-refractivity contribution in [2.45, 2.75) is 13.8 Å². The van der Waals surface area contributed by atoms with Crippen molar-refractivity contribution in [2.75, 3.05) is 0 Å². The third kappa shape index (κ3) is 2.74. The SMILES string of the molecule is CC(=O)c1sc(-c2ccc(C)c(Br)c2)nc1C(=O)O. The molecule has 0 atom stereocenters. The Labute approximate surface area is 122 Å².